The van der Waals surface area contributed by atoms with Crippen molar-refractivity contribution in [2.75, 3.05) is 6.54 Å². The SMILES string of the molecule is C[CH]NNCC(=O)O. The first-order valence-electron chi connectivity index (χ1n) is 2.25. The van der Waals surface area contributed by atoms with Crippen molar-refractivity contribution in [1.29, 1.82) is 0 Å². The number of carboxylic acids is 1. The van der Waals surface area contributed by atoms with Gasteiger partial charge in [0.2, 0.25) is 0 Å². The van der Waals surface area contributed by atoms with E-state index >= 15 is 0 Å². The van der Waals surface area contributed by atoms with Gasteiger partial charge < -0.3 is 5.11 Å². The summed E-state index contributed by atoms with van der Waals surface area (Å²) >= 11 is 0. The normalized spacial score (nSPS) is 9.12. The summed E-state index contributed by atoms with van der Waals surface area (Å²) in [4.78, 5) is 9.76. The number of nitrogens with one attached hydrogen (secondary N) is 2. The van der Waals surface area contributed by atoms with Gasteiger partial charge in [0.1, 0.15) is 6.54 Å². The molecular weight excluding hydrogens is 108 g/mol. The molecular formula is C4H9N2O2. The highest BCUT2D eigenvalue weighted by Crippen LogP contribution is 1.57. The largest absolute Gasteiger partial charge is 0.480 e. The summed E-state index contributed by atoms with van der Waals surface area (Å²) < 4.78 is 0. The number of hydrogen-bond donors (Lipinski definition) is 3. The minimum atomic E-state index is -0.876. The zero-order valence-corrected chi connectivity index (χ0v) is 4.64. The van der Waals surface area contributed by atoms with E-state index in [1.54, 1.807) is 13.5 Å². The monoisotopic (exact) mass is 117 g/mol. The molecule has 0 heterocycles. The van der Waals surface area contributed by atoms with Crippen molar-refractivity contribution >= 4 is 5.97 Å². The molecule has 0 rings (SSSR count). The highest BCUT2D eigenvalue weighted by Gasteiger charge is 1.90. The van der Waals surface area contributed by atoms with Gasteiger partial charge in [-0.25, -0.2) is 5.43 Å². The zero-order chi connectivity index (χ0) is 6.41. The van der Waals surface area contributed by atoms with Crippen molar-refractivity contribution in [3.63, 3.8) is 0 Å². The molecule has 0 aliphatic rings. The molecule has 4 nitrogen and oxygen atoms in total. The number of carboxylic acid groups (broad SMARTS) is 1. The quantitative estimate of drug-likeness (QED) is 0.338. The van der Waals surface area contributed by atoms with Crippen LogP contribution in [0.5, 0.6) is 0 Å². The van der Waals surface area contributed by atoms with Crippen LogP contribution >= 0.6 is 0 Å². The number of carbonyl (C=O) groups is 1. The number of hydrazine groups is 1. The lowest BCUT2D eigenvalue weighted by Crippen LogP contribution is -2.33. The molecule has 0 aromatic rings. The van der Waals surface area contributed by atoms with Crippen LogP contribution in [0.25, 0.3) is 0 Å². The Balaban J connectivity index is 2.82. The van der Waals surface area contributed by atoms with Gasteiger partial charge in [-0.05, 0) is 6.92 Å². The predicted molar refractivity (Wildman–Crippen MR) is 28.7 cm³/mol. The van der Waals surface area contributed by atoms with E-state index in [0.717, 1.165) is 0 Å². The van der Waals surface area contributed by atoms with Crippen LogP contribution in [0.3, 0.4) is 0 Å². The summed E-state index contributed by atoms with van der Waals surface area (Å²) in [6, 6.07) is 0. The molecule has 0 unspecified atom stereocenters. The lowest BCUT2D eigenvalue weighted by Gasteiger charge is -1.97. The van der Waals surface area contributed by atoms with Crippen molar-refractivity contribution in [3.8, 4) is 0 Å². The Morgan fingerprint density at radius 1 is 1.88 bits per heavy atom. The lowest BCUT2D eigenvalue weighted by atomic mass is 10.7. The van der Waals surface area contributed by atoms with E-state index in [2.05, 4.69) is 10.9 Å². The van der Waals surface area contributed by atoms with Crippen molar-refractivity contribution in [1.82, 2.24) is 10.9 Å². The van der Waals surface area contributed by atoms with Gasteiger partial charge in [-0.1, -0.05) is 0 Å². The van der Waals surface area contributed by atoms with Crippen molar-refractivity contribution in [2.45, 2.75) is 6.92 Å². The Labute approximate surface area is 47.9 Å². The first kappa shape index (κ1) is 7.39. The average Bonchev–Trinajstić information content (AvgIpc) is 1.66. The first-order valence-corrected chi connectivity index (χ1v) is 2.25. The van der Waals surface area contributed by atoms with Gasteiger partial charge >= 0.3 is 5.97 Å². The van der Waals surface area contributed by atoms with Gasteiger partial charge in [0.25, 0.3) is 0 Å². The molecule has 0 aliphatic carbocycles. The number of rotatable bonds is 4. The number of aliphatic carboxylic acids is 1. The van der Waals surface area contributed by atoms with Crippen LogP contribution < -0.4 is 10.9 Å². The third kappa shape index (κ3) is 5.39. The summed E-state index contributed by atoms with van der Waals surface area (Å²) in [5, 5.41) is 8.02. The molecule has 0 aromatic heterocycles. The average molecular weight is 117 g/mol. The summed E-state index contributed by atoms with van der Waals surface area (Å²) in [6.45, 7) is 3.31. The van der Waals surface area contributed by atoms with E-state index in [4.69, 9.17) is 5.11 Å². The lowest BCUT2D eigenvalue weighted by molar-refractivity contribution is -0.136. The fourth-order valence-electron chi connectivity index (χ4n) is 0.229. The van der Waals surface area contributed by atoms with E-state index in [0.29, 0.717) is 0 Å². The smallest absolute Gasteiger partial charge is 0.318 e. The maximum absolute atomic E-state index is 9.76. The molecule has 0 bridgehead atoms. The summed E-state index contributed by atoms with van der Waals surface area (Å²) in [5.41, 5.74) is 4.95. The van der Waals surface area contributed by atoms with Crippen molar-refractivity contribution in [3.05, 3.63) is 6.54 Å². The summed E-state index contributed by atoms with van der Waals surface area (Å²) in [7, 11) is 0. The molecule has 0 aliphatic heterocycles. The fraction of sp³-hybridized carbons (Fsp3) is 0.500. The Bertz CT molecular complexity index is 74.4. The van der Waals surface area contributed by atoms with E-state index in [1.165, 1.54) is 0 Å². The van der Waals surface area contributed by atoms with Gasteiger partial charge in [0.05, 0.1) is 0 Å². The van der Waals surface area contributed by atoms with E-state index in [9.17, 15) is 4.79 Å². The number of hydrogen-bond acceptors (Lipinski definition) is 3. The molecule has 0 fully saturated rings. The minimum Gasteiger partial charge on any atom is -0.480 e. The molecule has 0 atom stereocenters. The maximum atomic E-state index is 9.76. The molecule has 0 saturated heterocycles. The standard InChI is InChI=1S/C4H9N2O2/c1-2-5-6-3-4(7)8/h2,5-6H,3H2,1H3,(H,7,8). The first-order chi connectivity index (χ1) is 3.77. The Morgan fingerprint density at radius 3 is 2.88 bits per heavy atom. The molecule has 4 heteroatoms. The minimum absolute atomic E-state index is 0.0651. The molecule has 0 spiro atoms. The highest BCUT2D eigenvalue weighted by molar-refractivity contribution is 5.68. The summed E-state index contributed by atoms with van der Waals surface area (Å²) in [6.07, 6.45) is 0. The van der Waals surface area contributed by atoms with Gasteiger partial charge in [0.15, 0.2) is 0 Å². The third-order valence-corrected chi connectivity index (χ3v) is 0.486. The van der Waals surface area contributed by atoms with E-state index in [-0.39, 0.29) is 6.54 Å². The second-order valence-corrected chi connectivity index (χ2v) is 1.18. The fourth-order valence-corrected chi connectivity index (χ4v) is 0.229. The predicted octanol–water partition coefficient (Wildman–Crippen LogP) is -0.653. The Hall–Kier alpha value is -0.610. The second kappa shape index (κ2) is 4.55. The second-order valence-electron chi connectivity index (χ2n) is 1.18. The maximum Gasteiger partial charge on any atom is 0.318 e. The molecule has 47 valence electrons. The molecule has 8 heavy (non-hydrogen) atoms. The van der Waals surface area contributed by atoms with Gasteiger partial charge in [-0.2, -0.15) is 0 Å². The molecule has 1 radical (unpaired) electrons. The summed E-state index contributed by atoms with van der Waals surface area (Å²) in [5.74, 6) is -0.876. The third-order valence-electron chi connectivity index (χ3n) is 0.486. The van der Waals surface area contributed by atoms with Crippen LogP contribution in [0.4, 0.5) is 0 Å². The van der Waals surface area contributed by atoms with Gasteiger partial charge in [0, 0.05) is 6.54 Å². The van der Waals surface area contributed by atoms with Crippen LogP contribution in [0.2, 0.25) is 0 Å². The molecule has 0 amide bonds. The van der Waals surface area contributed by atoms with Crippen molar-refractivity contribution < 1.29 is 9.90 Å². The van der Waals surface area contributed by atoms with Crippen LogP contribution in [0.15, 0.2) is 0 Å². The van der Waals surface area contributed by atoms with Gasteiger partial charge in [-0.3, -0.25) is 10.2 Å². The van der Waals surface area contributed by atoms with E-state index in [1.807, 2.05) is 0 Å². The van der Waals surface area contributed by atoms with Crippen molar-refractivity contribution in [2.24, 2.45) is 0 Å². The van der Waals surface area contributed by atoms with E-state index < -0.39 is 5.97 Å². The van der Waals surface area contributed by atoms with Crippen LogP contribution in [-0.4, -0.2) is 17.6 Å². The molecule has 3 N–H and O–H groups in total. The molecule has 0 saturated carbocycles. The van der Waals surface area contributed by atoms with Crippen LogP contribution in [0.1, 0.15) is 6.92 Å². The van der Waals surface area contributed by atoms with Gasteiger partial charge in [-0.15, -0.1) is 0 Å². The Morgan fingerprint density at radius 2 is 2.50 bits per heavy atom. The zero-order valence-electron chi connectivity index (χ0n) is 4.64. The highest BCUT2D eigenvalue weighted by atomic mass is 16.4. The topological polar surface area (TPSA) is 61.4 Å². The van der Waals surface area contributed by atoms with Crippen LogP contribution in [0, 0.1) is 6.54 Å². The van der Waals surface area contributed by atoms with Crippen LogP contribution in [-0.2, 0) is 4.79 Å². The molecule has 0 aromatic carbocycles. The Kier molecular flexibility index (Phi) is 4.20.